The van der Waals surface area contributed by atoms with E-state index in [1.54, 1.807) is 6.20 Å². The highest BCUT2D eigenvalue weighted by Crippen LogP contribution is 2.31. The highest BCUT2D eigenvalue weighted by Gasteiger charge is 2.23. The van der Waals surface area contributed by atoms with Crippen molar-refractivity contribution in [3.8, 4) is 11.4 Å². The molecule has 5 heterocycles. The third-order valence-electron chi connectivity index (χ3n) is 6.97. The van der Waals surface area contributed by atoms with E-state index in [0.29, 0.717) is 18.7 Å². The Bertz CT molecular complexity index is 1530. The number of aryl methyl sites for hydroxylation is 1. The average molecular weight is 465 g/mol. The zero-order valence-corrected chi connectivity index (χ0v) is 19.8. The van der Waals surface area contributed by atoms with Crippen LogP contribution < -0.4 is 5.73 Å². The molecule has 0 bridgehead atoms. The molecule has 1 aliphatic rings. The van der Waals surface area contributed by atoms with Gasteiger partial charge in [-0.25, -0.2) is 4.98 Å². The van der Waals surface area contributed by atoms with Gasteiger partial charge in [0.1, 0.15) is 11.3 Å². The predicted molar refractivity (Wildman–Crippen MR) is 137 cm³/mol. The molecule has 1 atom stereocenters. The quantitative estimate of drug-likeness (QED) is 0.431. The van der Waals surface area contributed by atoms with E-state index >= 15 is 0 Å². The minimum atomic E-state index is 0.0237. The van der Waals surface area contributed by atoms with E-state index in [9.17, 15) is 4.79 Å². The van der Waals surface area contributed by atoms with Gasteiger partial charge in [-0.05, 0) is 55.7 Å². The Morgan fingerprint density at radius 1 is 1.14 bits per heavy atom. The fraction of sp³-hybridized carbons (Fsp3) is 0.250. The number of carbonyl (C=O) groups is 1. The van der Waals surface area contributed by atoms with Crippen LogP contribution in [-0.2, 0) is 6.54 Å². The van der Waals surface area contributed by atoms with E-state index in [1.807, 2.05) is 35.5 Å². The van der Waals surface area contributed by atoms with Crippen molar-refractivity contribution in [3.05, 3.63) is 90.0 Å². The Hall–Kier alpha value is -3.97. The molecule has 2 N–H and O–H groups in total. The van der Waals surface area contributed by atoms with Crippen molar-refractivity contribution in [2.75, 3.05) is 13.1 Å². The lowest BCUT2D eigenvalue weighted by molar-refractivity contribution is 0.0709. The zero-order valence-electron chi connectivity index (χ0n) is 19.8. The number of aromatic nitrogens is 4. The SMILES string of the molecule is Cc1c(-c2cc3ccccc3n2Cc2cccnc2)nc2cc(C(=O)N3CCC[C@@H](N)C3)ccn12. The Balaban J connectivity index is 1.43. The molecule has 0 saturated carbocycles. The number of para-hydroxylation sites is 1. The molecule has 0 spiro atoms. The number of imidazole rings is 1. The predicted octanol–water partition coefficient (Wildman–Crippen LogP) is 4.27. The largest absolute Gasteiger partial charge is 0.337 e. The number of fused-ring (bicyclic) bond motifs is 2. The van der Waals surface area contributed by atoms with E-state index in [1.165, 1.54) is 5.39 Å². The van der Waals surface area contributed by atoms with Gasteiger partial charge in [-0.2, -0.15) is 0 Å². The van der Waals surface area contributed by atoms with Gasteiger partial charge in [-0.1, -0.05) is 24.3 Å². The molecule has 1 aromatic carbocycles. The molecule has 6 rings (SSSR count). The molecule has 1 saturated heterocycles. The number of amides is 1. The van der Waals surface area contributed by atoms with Crippen LogP contribution in [-0.4, -0.2) is 48.9 Å². The summed E-state index contributed by atoms with van der Waals surface area (Å²) in [7, 11) is 0. The molecule has 4 aromatic heterocycles. The maximum Gasteiger partial charge on any atom is 0.254 e. The van der Waals surface area contributed by atoms with E-state index in [-0.39, 0.29) is 11.9 Å². The summed E-state index contributed by atoms with van der Waals surface area (Å²) >= 11 is 0. The van der Waals surface area contributed by atoms with Gasteiger partial charge in [-0.3, -0.25) is 9.78 Å². The number of benzene rings is 1. The number of rotatable bonds is 4. The second kappa shape index (κ2) is 8.67. The maximum absolute atomic E-state index is 13.1. The summed E-state index contributed by atoms with van der Waals surface area (Å²) in [4.78, 5) is 24.3. The summed E-state index contributed by atoms with van der Waals surface area (Å²) in [5.74, 6) is 0.0237. The van der Waals surface area contributed by atoms with Gasteiger partial charge in [0.05, 0.1) is 5.69 Å². The van der Waals surface area contributed by atoms with E-state index in [4.69, 9.17) is 10.7 Å². The molecule has 7 heteroatoms. The first-order chi connectivity index (χ1) is 17.1. The summed E-state index contributed by atoms with van der Waals surface area (Å²) in [6.45, 7) is 4.14. The van der Waals surface area contributed by atoms with Crippen LogP contribution in [0.3, 0.4) is 0 Å². The summed E-state index contributed by atoms with van der Waals surface area (Å²) in [6, 6.07) is 18.5. The maximum atomic E-state index is 13.1. The lowest BCUT2D eigenvalue weighted by atomic mass is 10.1. The van der Waals surface area contributed by atoms with Gasteiger partial charge in [0, 0.05) is 66.4 Å². The van der Waals surface area contributed by atoms with E-state index in [0.717, 1.165) is 53.2 Å². The summed E-state index contributed by atoms with van der Waals surface area (Å²) in [6.07, 6.45) is 7.56. The van der Waals surface area contributed by atoms with Gasteiger partial charge in [0.2, 0.25) is 0 Å². The van der Waals surface area contributed by atoms with Crippen LogP contribution >= 0.6 is 0 Å². The number of pyridine rings is 2. The second-order valence-electron chi connectivity index (χ2n) is 9.38. The van der Waals surface area contributed by atoms with Crippen molar-refractivity contribution in [3.63, 3.8) is 0 Å². The lowest BCUT2D eigenvalue weighted by Crippen LogP contribution is -2.45. The molecule has 35 heavy (non-hydrogen) atoms. The van der Waals surface area contributed by atoms with E-state index < -0.39 is 0 Å². The number of piperidine rings is 1. The van der Waals surface area contributed by atoms with Crippen molar-refractivity contribution in [1.29, 1.82) is 0 Å². The summed E-state index contributed by atoms with van der Waals surface area (Å²) in [5, 5.41) is 1.17. The molecule has 0 aliphatic carbocycles. The Kier molecular flexibility index (Phi) is 5.34. The van der Waals surface area contributed by atoms with Gasteiger partial charge in [0.25, 0.3) is 5.91 Å². The highest BCUT2D eigenvalue weighted by atomic mass is 16.2. The van der Waals surface area contributed by atoms with Crippen LogP contribution in [0, 0.1) is 6.92 Å². The number of nitrogens with two attached hydrogens (primary N) is 1. The van der Waals surface area contributed by atoms with Crippen molar-refractivity contribution in [2.24, 2.45) is 5.73 Å². The molecule has 0 radical (unpaired) electrons. The molecule has 5 aromatic rings. The van der Waals surface area contributed by atoms with Crippen LogP contribution in [0.2, 0.25) is 0 Å². The molecular formula is C28H28N6O. The molecule has 7 nitrogen and oxygen atoms in total. The first-order valence-electron chi connectivity index (χ1n) is 12.1. The molecule has 1 aliphatic heterocycles. The fourth-order valence-corrected chi connectivity index (χ4v) is 5.17. The zero-order chi connectivity index (χ0) is 23.9. The Morgan fingerprint density at radius 2 is 2.03 bits per heavy atom. The van der Waals surface area contributed by atoms with E-state index in [2.05, 4.69) is 57.3 Å². The van der Waals surface area contributed by atoms with Gasteiger partial charge < -0.3 is 19.6 Å². The average Bonchev–Trinajstić information content (AvgIpc) is 3.41. The fourth-order valence-electron chi connectivity index (χ4n) is 5.17. The number of hydrogen-bond acceptors (Lipinski definition) is 4. The molecular weight excluding hydrogens is 436 g/mol. The van der Waals surface area contributed by atoms with Crippen LogP contribution in [0.4, 0.5) is 0 Å². The van der Waals surface area contributed by atoms with Gasteiger partial charge in [0.15, 0.2) is 0 Å². The van der Waals surface area contributed by atoms with Crippen LogP contribution in [0.5, 0.6) is 0 Å². The smallest absolute Gasteiger partial charge is 0.254 e. The summed E-state index contributed by atoms with van der Waals surface area (Å²) in [5.41, 5.74) is 12.8. The minimum Gasteiger partial charge on any atom is -0.337 e. The first-order valence-corrected chi connectivity index (χ1v) is 12.1. The topological polar surface area (TPSA) is 81.5 Å². The normalized spacial score (nSPS) is 16.3. The highest BCUT2D eigenvalue weighted by molar-refractivity contribution is 5.95. The number of carbonyl (C=O) groups excluding carboxylic acids is 1. The molecule has 176 valence electrons. The van der Waals surface area contributed by atoms with Crippen molar-refractivity contribution < 1.29 is 4.79 Å². The third-order valence-corrected chi connectivity index (χ3v) is 6.97. The van der Waals surface area contributed by atoms with Gasteiger partial charge in [-0.15, -0.1) is 0 Å². The van der Waals surface area contributed by atoms with Crippen LogP contribution in [0.1, 0.15) is 34.5 Å². The van der Waals surface area contributed by atoms with Crippen molar-refractivity contribution >= 4 is 22.5 Å². The molecule has 1 fully saturated rings. The lowest BCUT2D eigenvalue weighted by Gasteiger charge is -2.30. The van der Waals surface area contributed by atoms with Crippen molar-refractivity contribution in [1.82, 2.24) is 23.8 Å². The van der Waals surface area contributed by atoms with Crippen LogP contribution in [0.25, 0.3) is 27.9 Å². The van der Waals surface area contributed by atoms with Gasteiger partial charge >= 0.3 is 0 Å². The molecule has 0 unspecified atom stereocenters. The monoisotopic (exact) mass is 464 g/mol. The molecule has 1 amide bonds. The standard InChI is InChI=1S/C28H28N6O/c1-19-27(25-14-21-7-2-3-9-24(21)34(25)17-20-6-4-11-30-16-20)31-26-15-22(10-13-33(19)26)28(35)32-12-5-8-23(29)18-32/h2-4,6-7,9-11,13-16,23H,5,8,12,17-18,29H2,1H3/t23-/m1/s1. The first kappa shape index (κ1) is 21.6. The Labute approximate surface area is 203 Å². The minimum absolute atomic E-state index is 0.0237. The number of likely N-dealkylation sites (tertiary alicyclic amines) is 1. The second-order valence-corrected chi connectivity index (χ2v) is 9.38. The van der Waals surface area contributed by atoms with Crippen molar-refractivity contribution in [2.45, 2.75) is 32.4 Å². The number of hydrogen-bond donors (Lipinski definition) is 1. The van der Waals surface area contributed by atoms with Crippen LogP contribution in [0.15, 0.2) is 73.2 Å². The number of nitrogens with zero attached hydrogens (tertiary/aromatic N) is 5. The Morgan fingerprint density at radius 3 is 2.86 bits per heavy atom. The third kappa shape index (κ3) is 3.88. The summed E-state index contributed by atoms with van der Waals surface area (Å²) < 4.78 is 4.35.